The van der Waals surface area contributed by atoms with Crippen LogP contribution in [0.25, 0.3) is 0 Å². The molecule has 0 radical (unpaired) electrons. The van der Waals surface area contributed by atoms with E-state index >= 15 is 0 Å². The SMILES string of the molecule is CC1CCCCN1CCCNS. The fraction of sp³-hybridized carbons (Fsp3) is 1.00. The first-order valence-electron chi connectivity index (χ1n) is 4.95. The average Bonchev–Trinajstić information content (AvgIpc) is 2.09. The molecule has 1 fully saturated rings. The summed E-state index contributed by atoms with van der Waals surface area (Å²) in [6, 6.07) is 0.804. The largest absolute Gasteiger partial charge is 0.301 e. The van der Waals surface area contributed by atoms with Gasteiger partial charge in [0.05, 0.1) is 0 Å². The number of nitrogens with zero attached hydrogens (tertiary/aromatic N) is 1. The topological polar surface area (TPSA) is 15.3 Å². The standard InChI is InChI=1S/C9H20N2S/c1-9-5-2-3-7-11(9)8-4-6-10-12/h9-10,12H,2-8H2,1H3. The molecule has 1 aliphatic heterocycles. The third kappa shape index (κ3) is 3.33. The zero-order valence-electron chi connectivity index (χ0n) is 7.92. The fourth-order valence-corrected chi connectivity index (χ4v) is 2.01. The van der Waals surface area contributed by atoms with Crippen molar-refractivity contribution in [2.24, 2.45) is 0 Å². The molecule has 0 aromatic heterocycles. The van der Waals surface area contributed by atoms with Crippen LogP contribution in [0.4, 0.5) is 0 Å². The summed E-state index contributed by atoms with van der Waals surface area (Å²) in [5, 5.41) is 0. The number of likely N-dealkylation sites (tertiary alicyclic amines) is 1. The molecule has 72 valence electrons. The third-order valence-corrected chi connectivity index (χ3v) is 2.90. The molecule has 1 unspecified atom stereocenters. The number of hydrogen-bond acceptors (Lipinski definition) is 3. The van der Waals surface area contributed by atoms with Gasteiger partial charge in [-0.15, -0.1) is 0 Å². The van der Waals surface area contributed by atoms with Crippen LogP contribution in [0.15, 0.2) is 0 Å². The molecule has 0 spiro atoms. The Balaban J connectivity index is 2.11. The first kappa shape index (κ1) is 10.4. The molecular formula is C9H20N2S. The van der Waals surface area contributed by atoms with Crippen molar-refractivity contribution in [2.75, 3.05) is 19.6 Å². The van der Waals surface area contributed by atoms with Crippen LogP contribution in [0, 0.1) is 0 Å². The predicted molar refractivity (Wildman–Crippen MR) is 56.5 cm³/mol. The minimum Gasteiger partial charge on any atom is -0.301 e. The summed E-state index contributed by atoms with van der Waals surface area (Å²) in [6.45, 7) is 5.89. The van der Waals surface area contributed by atoms with Gasteiger partial charge < -0.3 is 4.90 Å². The summed E-state index contributed by atoms with van der Waals surface area (Å²) in [7, 11) is 0. The molecule has 1 saturated heterocycles. The van der Waals surface area contributed by atoms with Crippen molar-refractivity contribution in [3.8, 4) is 0 Å². The van der Waals surface area contributed by atoms with Gasteiger partial charge in [-0.1, -0.05) is 19.2 Å². The summed E-state index contributed by atoms with van der Waals surface area (Å²) in [5.74, 6) is 0. The Morgan fingerprint density at radius 1 is 1.50 bits per heavy atom. The Morgan fingerprint density at radius 2 is 2.33 bits per heavy atom. The third-order valence-electron chi connectivity index (χ3n) is 2.67. The predicted octanol–water partition coefficient (Wildman–Crippen LogP) is 1.69. The van der Waals surface area contributed by atoms with Crippen molar-refractivity contribution < 1.29 is 0 Å². The van der Waals surface area contributed by atoms with Crippen LogP contribution in [0.1, 0.15) is 32.6 Å². The highest BCUT2D eigenvalue weighted by Gasteiger charge is 2.16. The molecule has 12 heavy (non-hydrogen) atoms. The van der Waals surface area contributed by atoms with Crippen molar-refractivity contribution in [1.29, 1.82) is 0 Å². The summed E-state index contributed by atoms with van der Waals surface area (Å²) in [4.78, 5) is 2.59. The monoisotopic (exact) mass is 188 g/mol. The van der Waals surface area contributed by atoms with Crippen LogP contribution < -0.4 is 4.72 Å². The number of hydrogen-bond donors (Lipinski definition) is 2. The van der Waals surface area contributed by atoms with Crippen molar-refractivity contribution in [3.05, 3.63) is 0 Å². The van der Waals surface area contributed by atoms with E-state index in [0.29, 0.717) is 0 Å². The molecule has 0 aromatic carbocycles. The fourth-order valence-electron chi connectivity index (χ4n) is 1.85. The summed E-state index contributed by atoms with van der Waals surface area (Å²) in [5.41, 5.74) is 0. The smallest absolute Gasteiger partial charge is 0.00683 e. The van der Waals surface area contributed by atoms with E-state index < -0.39 is 0 Å². The molecule has 1 rings (SSSR count). The molecule has 1 heterocycles. The normalized spacial score (nSPS) is 26.0. The Bertz CT molecular complexity index is 119. The Hall–Kier alpha value is 0.270. The van der Waals surface area contributed by atoms with Crippen LogP contribution in [0.3, 0.4) is 0 Å². The first-order chi connectivity index (χ1) is 5.84. The van der Waals surface area contributed by atoms with Crippen molar-refractivity contribution >= 4 is 12.8 Å². The van der Waals surface area contributed by atoms with Gasteiger partial charge in [-0.25, -0.2) is 0 Å². The van der Waals surface area contributed by atoms with E-state index in [9.17, 15) is 0 Å². The number of nitrogens with one attached hydrogen (secondary N) is 1. The van der Waals surface area contributed by atoms with Gasteiger partial charge in [-0.3, -0.25) is 4.72 Å². The maximum atomic E-state index is 3.97. The molecule has 1 atom stereocenters. The minimum absolute atomic E-state index is 0.804. The average molecular weight is 188 g/mol. The van der Waals surface area contributed by atoms with Gasteiger partial charge >= 0.3 is 0 Å². The first-order valence-corrected chi connectivity index (χ1v) is 5.40. The lowest BCUT2D eigenvalue weighted by Gasteiger charge is -2.33. The zero-order chi connectivity index (χ0) is 8.81. The van der Waals surface area contributed by atoms with Crippen molar-refractivity contribution in [1.82, 2.24) is 9.62 Å². The van der Waals surface area contributed by atoms with E-state index in [4.69, 9.17) is 0 Å². The highest BCUT2D eigenvalue weighted by Crippen LogP contribution is 2.15. The molecule has 0 bridgehead atoms. The highest BCUT2D eigenvalue weighted by molar-refractivity contribution is 7.78. The van der Waals surface area contributed by atoms with Crippen LogP contribution in [0.2, 0.25) is 0 Å². The molecule has 1 N–H and O–H groups in total. The number of thiol groups is 1. The Morgan fingerprint density at radius 3 is 3.00 bits per heavy atom. The van der Waals surface area contributed by atoms with Crippen molar-refractivity contribution in [3.63, 3.8) is 0 Å². The van der Waals surface area contributed by atoms with Crippen LogP contribution >= 0.6 is 12.8 Å². The molecule has 0 saturated carbocycles. The molecule has 0 aromatic rings. The van der Waals surface area contributed by atoms with Gasteiger partial charge in [0.1, 0.15) is 0 Å². The van der Waals surface area contributed by atoms with Crippen molar-refractivity contribution in [2.45, 2.75) is 38.6 Å². The Kier molecular flexibility index (Phi) is 5.04. The van der Waals surface area contributed by atoms with Crippen LogP contribution in [0.5, 0.6) is 0 Å². The van der Waals surface area contributed by atoms with E-state index in [1.54, 1.807) is 0 Å². The van der Waals surface area contributed by atoms with Gasteiger partial charge in [0.15, 0.2) is 0 Å². The minimum atomic E-state index is 0.804. The van der Waals surface area contributed by atoms with Gasteiger partial charge in [-0.05, 0) is 39.3 Å². The molecule has 3 heteroatoms. The van der Waals surface area contributed by atoms with E-state index in [1.165, 1.54) is 38.8 Å². The van der Waals surface area contributed by atoms with Crippen LogP contribution in [-0.2, 0) is 0 Å². The summed E-state index contributed by atoms with van der Waals surface area (Å²) < 4.78 is 2.89. The van der Waals surface area contributed by atoms with Gasteiger partial charge in [0.25, 0.3) is 0 Å². The highest BCUT2D eigenvalue weighted by atomic mass is 32.1. The van der Waals surface area contributed by atoms with E-state index in [2.05, 4.69) is 29.4 Å². The molecular weight excluding hydrogens is 168 g/mol. The maximum absolute atomic E-state index is 3.97. The lowest BCUT2D eigenvalue weighted by atomic mass is 10.0. The molecule has 2 nitrogen and oxygen atoms in total. The molecule has 1 aliphatic rings. The number of piperidine rings is 1. The lowest BCUT2D eigenvalue weighted by Crippen LogP contribution is -2.38. The van der Waals surface area contributed by atoms with E-state index in [-0.39, 0.29) is 0 Å². The van der Waals surface area contributed by atoms with Gasteiger partial charge in [0, 0.05) is 12.6 Å². The zero-order valence-corrected chi connectivity index (χ0v) is 8.82. The second-order valence-electron chi connectivity index (χ2n) is 3.64. The second-order valence-corrected chi connectivity index (χ2v) is 3.96. The van der Waals surface area contributed by atoms with E-state index in [1.807, 2.05) is 0 Å². The maximum Gasteiger partial charge on any atom is 0.00683 e. The number of rotatable bonds is 4. The summed E-state index contributed by atoms with van der Waals surface area (Å²) >= 11 is 3.97. The molecule has 0 aliphatic carbocycles. The lowest BCUT2D eigenvalue weighted by molar-refractivity contribution is 0.159. The second kappa shape index (κ2) is 5.84. The quantitative estimate of drug-likeness (QED) is 0.515. The van der Waals surface area contributed by atoms with E-state index in [0.717, 1.165) is 12.6 Å². The van der Waals surface area contributed by atoms with Gasteiger partial charge in [0.2, 0.25) is 0 Å². The summed E-state index contributed by atoms with van der Waals surface area (Å²) in [6.07, 6.45) is 5.41. The molecule has 0 amide bonds. The Labute approximate surface area is 81.3 Å². The van der Waals surface area contributed by atoms with Crippen LogP contribution in [-0.4, -0.2) is 30.6 Å². The van der Waals surface area contributed by atoms with Gasteiger partial charge in [-0.2, -0.15) is 0 Å².